The molecule has 0 aliphatic rings. The number of aryl methyl sites for hydroxylation is 1. The summed E-state index contributed by atoms with van der Waals surface area (Å²) in [4.78, 5) is 0. The maximum atomic E-state index is 2.43. The van der Waals surface area contributed by atoms with E-state index < -0.39 is 8.24 Å². The summed E-state index contributed by atoms with van der Waals surface area (Å²) in [6.45, 7) is 4.85. The first-order valence-electron chi connectivity index (χ1n) is 5.24. The van der Waals surface area contributed by atoms with E-state index >= 15 is 0 Å². The molecule has 2 heteroatoms. The van der Waals surface area contributed by atoms with Crippen LogP contribution in [0.15, 0.2) is 30.3 Å². The zero-order valence-corrected chi connectivity index (χ0v) is 10.7. The standard InChI is InChI=1S/C12H21NSi/c1-13(2)14(3,4)11-10-12-8-6-5-7-9-12/h5-9H,10-11H2,1-4H3. The first-order valence-corrected chi connectivity index (χ1v) is 8.39. The Morgan fingerprint density at radius 3 is 2.14 bits per heavy atom. The number of hydrogen-bond acceptors (Lipinski definition) is 1. The third-order valence-corrected chi connectivity index (χ3v) is 6.97. The van der Waals surface area contributed by atoms with Crippen LogP contribution in [0.3, 0.4) is 0 Å². The Labute approximate surface area is 88.8 Å². The third kappa shape index (κ3) is 3.27. The van der Waals surface area contributed by atoms with Crippen LogP contribution in [-0.2, 0) is 6.42 Å². The smallest absolute Gasteiger partial charge is 0.121 e. The van der Waals surface area contributed by atoms with Crippen LogP contribution in [-0.4, -0.2) is 26.9 Å². The minimum absolute atomic E-state index is 1.13. The zero-order chi connectivity index (χ0) is 10.6. The first kappa shape index (κ1) is 11.5. The summed E-state index contributed by atoms with van der Waals surface area (Å²) in [5.41, 5.74) is 1.47. The van der Waals surface area contributed by atoms with Crippen LogP contribution in [0, 0.1) is 0 Å². The van der Waals surface area contributed by atoms with Gasteiger partial charge in [0, 0.05) is 0 Å². The van der Waals surface area contributed by atoms with E-state index in [4.69, 9.17) is 0 Å². The fourth-order valence-electron chi connectivity index (χ4n) is 1.32. The van der Waals surface area contributed by atoms with Gasteiger partial charge in [-0.15, -0.1) is 0 Å². The van der Waals surface area contributed by atoms with Crippen molar-refractivity contribution in [3.8, 4) is 0 Å². The van der Waals surface area contributed by atoms with Gasteiger partial charge in [-0.1, -0.05) is 43.4 Å². The van der Waals surface area contributed by atoms with Crippen molar-refractivity contribution in [2.45, 2.75) is 25.6 Å². The summed E-state index contributed by atoms with van der Waals surface area (Å²) in [6.07, 6.45) is 1.22. The largest absolute Gasteiger partial charge is 0.329 e. The molecule has 0 saturated carbocycles. The average molecular weight is 207 g/mol. The molecule has 0 radical (unpaired) electrons. The van der Waals surface area contributed by atoms with Crippen molar-refractivity contribution in [2.24, 2.45) is 0 Å². The molecule has 0 aromatic heterocycles. The fourth-order valence-corrected chi connectivity index (χ4v) is 2.67. The molecule has 1 rings (SSSR count). The lowest BCUT2D eigenvalue weighted by molar-refractivity contribution is 0.615. The Morgan fingerprint density at radius 1 is 1.07 bits per heavy atom. The van der Waals surface area contributed by atoms with Gasteiger partial charge in [0.25, 0.3) is 0 Å². The summed E-state index contributed by atoms with van der Waals surface area (Å²) in [6, 6.07) is 12.1. The minimum Gasteiger partial charge on any atom is -0.329 e. The molecular formula is C12H21NSi. The van der Waals surface area contributed by atoms with E-state index in [1.165, 1.54) is 18.0 Å². The fraction of sp³-hybridized carbons (Fsp3) is 0.500. The van der Waals surface area contributed by atoms with Crippen LogP contribution in [0.2, 0.25) is 19.1 Å². The number of hydrogen-bond donors (Lipinski definition) is 0. The zero-order valence-electron chi connectivity index (χ0n) is 9.75. The molecule has 1 aromatic carbocycles. The molecule has 14 heavy (non-hydrogen) atoms. The maximum Gasteiger partial charge on any atom is 0.121 e. The lowest BCUT2D eigenvalue weighted by Crippen LogP contribution is -2.43. The van der Waals surface area contributed by atoms with Gasteiger partial charge < -0.3 is 4.57 Å². The molecular weight excluding hydrogens is 186 g/mol. The summed E-state index contributed by atoms with van der Waals surface area (Å²) < 4.78 is 2.43. The van der Waals surface area contributed by atoms with Crippen LogP contribution in [0.5, 0.6) is 0 Å². The van der Waals surface area contributed by atoms with Crippen LogP contribution in [0.1, 0.15) is 5.56 Å². The van der Waals surface area contributed by atoms with Gasteiger partial charge in [-0.25, -0.2) is 0 Å². The van der Waals surface area contributed by atoms with E-state index in [0.717, 1.165) is 0 Å². The van der Waals surface area contributed by atoms with E-state index in [1.54, 1.807) is 0 Å². The highest BCUT2D eigenvalue weighted by molar-refractivity contribution is 6.74. The summed E-state index contributed by atoms with van der Waals surface area (Å²) in [7, 11) is 3.28. The van der Waals surface area contributed by atoms with Gasteiger partial charge in [0.2, 0.25) is 0 Å². The molecule has 0 amide bonds. The van der Waals surface area contributed by atoms with Crippen molar-refractivity contribution in [2.75, 3.05) is 14.1 Å². The van der Waals surface area contributed by atoms with Gasteiger partial charge in [-0.2, -0.15) is 0 Å². The molecule has 0 bridgehead atoms. The Kier molecular flexibility index (Phi) is 3.90. The van der Waals surface area contributed by atoms with Gasteiger partial charge in [0.05, 0.1) is 0 Å². The van der Waals surface area contributed by atoms with Crippen molar-refractivity contribution >= 4 is 8.24 Å². The molecule has 1 nitrogen and oxygen atoms in total. The monoisotopic (exact) mass is 207 g/mol. The molecule has 0 heterocycles. The van der Waals surface area contributed by atoms with E-state index in [1.807, 2.05) is 0 Å². The Hall–Kier alpha value is -0.603. The SMILES string of the molecule is CN(C)[Si](C)(C)CCc1ccccc1. The quantitative estimate of drug-likeness (QED) is 0.686. The molecule has 1 aromatic rings. The van der Waals surface area contributed by atoms with E-state index in [9.17, 15) is 0 Å². The predicted molar refractivity (Wildman–Crippen MR) is 66.1 cm³/mol. The van der Waals surface area contributed by atoms with Crippen molar-refractivity contribution in [1.29, 1.82) is 0 Å². The topological polar surface area (TPSA) is 3.24 Å². The lowest BCUT2D eigenvalue weighted by atomic mass is 10.2. The molecule has 0 atom stereocenters. The second-order valence-electron chi connectivity index (χ2n) is 4.69. The summed E-state index contributed by atoms with van der Waals surface area (Å²) in [5.74, 6) is 0. The summed E-state index contributed by atoms with van der Waals surface area (Å²) in [5, 5.41) is 0. The molecule has 0 fully saturated rings. The Bertz CT molecular complexity index is 267. The highest BCUT2D eigenvalue weighted by Crippen LogP contribution is 2.15. The second kappa shape index (κ2) is 4.76. The summed E-state index contributed by atoms with van der Waals surface area (Å²) >= 11 is 0. The van der Waals surface area contributed by atoms with Crippen molar-refractivity contribution in [3.05, 3.63) is 35.9 Å². The molecule has 0 spiro atoms. The molecule has 78 valence electrons. The van der Waals surface area contributed by atoms with Crippen LogP contribution in [0.4, 0.5) is 0 Å². The lowest BCUT2D eigenvalue weighted by Gasteiger charge is -2.30. The van der Waals surface area contributed by atoms with Gasteiger partial charge in [0.15, 0.2) is 0 Å². The predicted octanol–water partition coefficient (Wildman–Crippen LogP) is 3.00. The van der Waals surface area contributed by atoms with Gasteiger partial charge in [0.1, 0.15) is 8.24 Å². The molecule has 0 aliphatic heterocycles. The molecule has 0 unspecified atom stereocenters. The van der Waals surface area contributed by atoms with Gasteiger partial charge >= 0.3 is 0 Å². The maximum absolute atomic E-state index is 2.43. The van der Waals surface area contributed by atoms with Crippen LogP contribution in [0.25, 0.3) is 0 Å². The van der Waals surface area contributed by atoms with E-state index in [0.29, 0.717) is 0 Å². The van der Waals surface area contributed by atoms with Crippen molar-refractivity contribution in [1.82, 2.24) is 4.57 Å². The average Bonchev–Trinajstić information content (AvgIpc) is 2.16. The van der Waals surface area contributed by atoms with Gasteiger partial charge in [-0.05, 0) is 32.1 Å². The van der Waals surface area contributed by atoms with E-state index in [-0.39, 0.29) is 0 Å². The third-order valence-electron chi connectivity index (χ3n) is 3.08. The molecule has 0 N–H and O–H groups in total. The van der Waals surface area contributed by atoms with Gasteiger partial charge in [-0.3, -0.25) is 0 Å². The Balaban J connectivity index is 2.49. The normalized spacial score (nSPS) is 12.1. The highest BCUT2D eigenvalue weighted by atomic mass is 28.3. The van der Waals surface area contributed by atoms with Crippen molar-refractivity contribution in [3.63, 3.8) is 0 Å². The van der Waals surface area contributed by atoms with Crippen molar-refractivity contribution < 1.29 is 0 Å². The van der Waals surface area contributed by atoms with Crippen LogP contribution >= 0.6 is 0 Å². The molecule has 0 aliphatic carbocycles. The number of nitrogens with zero attached hydrogens (tertiary/aromatic N) is 1. The number of benzene rings is 1. The van der Waals surface area contributed by atoms with Crippen LogP contribution < -0.4 is 0 Å². The first-order chi connectivity index (χ1) is 6.52. The Morgan fingerprint density at radius 2 is 1.64 bits per heavy atom. The number of rotatable bonds is 4. The van der Waals surface area contributed by atoms with E-state index in [2.05, 4.69) is 62.1 Å². The second-order valence-corrected chi connectivity index (χ2v) is 9.71. The molecule has 0 saturated heterocycles. The minimum atomic E-state index is -1.13. The highest BCUT2D eigenvalue weighted by Gasteiger charge is 2.22.